The number of rotatable bonds is 10. The molecule has 2 aliphatic rings. The summed E-state index contributed by atoms with van der Waals surface area (Å²) < 4.78 is 13.4. The van der Waals surface area contributed by atoms with Gasteiger partial charge in [-0.05, 0) is 58.1 Å². The first-order chi connectivity index (χ1) is 24.1. The normalized spacial score (nSPS) is 19.8. The standard InChI is InChI=1S/C40H41N5O4/c46-28-29-13-15-31(16-14-29)37-25-36(27-44-19-21-45(22-20-44)40-41-17-6-18-42-40)48-39(49-37)35-12-5-11-34(24-35)33-10-4-7-30(23-33)26-43-38(47)32-8-2-1-3-9-32/h1-18,23-24,36-37,39,46H,19-22,25-28H2,(H,43,47)/t36-,37+,39+/m0/s1. The maximum atomic E-state index is 12.6. The van der Waals surface area contributed by atoms with E-state index in [1.807, 2.05) is 78.9 Å². The Morgan fingerprint density at radius 1 is 0.755 bits per heavy atom. The SMILES string of the molecule is O=C(NCc1cccc(-c2cccc([C@@H]3O[C@H](CN4CCN(c5ncccn5)CC4)C[C@H](c4ccc(CO)cc4)O3)c2)c1)c1ccccc1. The number of benzene rings is 4. The van der Waals surface area contributed by atoms with Crippen molar-refractivity contribution in [3.05, 3.63) is 149 Å². The van der Waals surface area contributed by atoms with Gasteiger partial charge in [-0.15, -0.1) is 0 Å². The maximum Gasteiger partial charge on any atom is 0.251 e. The average molecular weight is 656 g/mol. The molecule has 0 bridgehead atoms. The molecular weight excluding hydrogens is 614 g/mol. The van der Waals surface area contributed by atoms with Crippen LogP contribution in [0.2, 0.25) is 0 Å². The smallest absolute Gasteiger partial charge is 0.251 e. The van der Waals surface area contributed by atoms with E-state index < -0.39 is 6.29 Å². The van der Waals surface area contributed by atoms with Crippen molar-refractivity contribution in [3.63, 3.8) is 0 Å². The summed E-state index contributed by atoms with van der Waals surface area (Å²) in [6.45, 7) is 4.76. The highest BCUT2D eigenvalue weighted by Gasteiger charge is 2.34. The zero-order valence-electron chi connectivity index (χ0n) is 27.4. The van der Waals surface area contributed by atoms with Crippen molar-refractivity contribution in [1.29, 1.82) is 0 Å². The van der Waals surface area contributed by atoms with Crippen molar-refractivity contribution in [2.24, 2.45) is 0 Å². The molecule has 0 aliphatic carbocycles. The average Bonchev–Trinajstić information content (AvgIpc) is 3.18. The van der Waals surface area contributed by atoms with Crippen LogP contribution in [0.15, 0.2) is 122 Å². The first-order valence-electron chi connectivity index (χ1n) is 16.9. The van der Waals surface area contributed by atoms with Gasteiger partial charge < -0.3 is 24.8 Å². The van der Waals surface area contributed by atoms with Crippen molar-refractivity contribution in [2.75, 3.05) is 37.6 Å². The van der Waals surface area contributed by atoms with Crippen LogP contribution in [0.4, 0.5) is 5.95 Å². The van der Waals surface area contributed by atoms with Crippen molar-refractivity contribution >= 4 is 11.9 Å². The number of anilines is 1. The van der Waals surface area contributed by atoms with E-state index in [0.29, 0.717) is 12.1 Å². The Kier molecular flexibility index (Phi) is 10.3. The Bertz CT molecular complexity index is 1810. The molecule has 2 saturated heterocycles. The minimum absolute atomic E-state index is 0.00749. The van der Waals surface area contributed by atoms with E-state index in [1.165, 1.54) is 0 Å². The summed E-state index contributed by atoms with van der Waals surface area (Å²) in [5, 5.41) is 12.6. The van der Waals surface area contributed by atoms with E-state index in [4.69, 9.17) is 9.47 Å². The molecule has 2 aliphatic heterocycles. The van der Waals surface area contributed by atoms with Crippen LogP contribution >= 0.6 is 0 Å². The molecule has 0 radical (unpaired) electrons. The monoisotopic (exact) mass is 655 g/mol. The molecule has 9 nitrogen and oxygen atoms in total. The summed E-state index contributed by atoms with van der Waals surface area (Å²) >= 11 is 0. The Morgan fingerprint density at radius 3 is 2.24 bits per heavy atom. The highest BCUT2D eigenvalue weighted by atomic mass is 16.7. The molecule has 4 aromatic carbocycles. The van der Waals surface area contributed by atoms with Crippen molar-refractivity contribution in [3.8, 4) is 11.1 Å². The molecule has 1 aromatic heterocycles. The van der Waals surface area contributed by atoms with Gasteiger partial charge in [-0.1, -0.05) is 78.9 Å². The summed E-state index contributed by atoms with van der Waals surface area (Å²) in [6.07, 6.45) is 3.56. The molecular formula is C40H41N5O4. The minimum atomic E-state index is -0.548. The molecule has 0 spiro atoms. The van der Waals surface area contributed by atoms with Crippen LogP contribution in [-0.4, -0.2) is 64.7 Å². The molecule has 3 heterocycles. The largest absolute Gasteiger partial charge is 0.392 e. The van der Waals surface area contributed by atoms with Crippen molar-refractivity contribution in [2.45, 2.75) is 38.1 Å². The van der Waals surface area contributed by atoms with Gasteiger partial charge in [0.15, 0.2) is 6.29 Å². The van der Waals surface area contributed by atoms with Crippen LogP contribution in [0.3, 0.4) is 0 Å². The number of nitrogens with one attached hydrogen (secondary N) is 1. The molecule has 1 amide bonds. The molecule has 250 valence electrons. The van der Waals surface area contributed by atoms with Gasteiger partial charge in [-0.2, -0.15) is 0 Å². The summed E-state index contributed by atoms with van der Waals surface area (Å²) in [6, 6.07) is 35.7. The number of amides is 1. The predicted molar refractivity (Wildman–Crippen MR) is 189 cm³/mol. The topological polar surface area (TPSA) is 100 Å². The first kappa shape index (κ1) is 32.6. The fourth-order valence-corrected chi connectivity index (χ4v) is 6.51. The van der Waals surface area contributed by atoms with Crippen LogP contribution in [-0.2, 0) is 22.6 Å². The van der Waals surface area contributed by atoms with Gasteiger partial charge in [-0.25, -0.2) is 9.97 Å². The summed E-state index contributed by atoms with van der Waals surface area (Å²) in [5.41, 5.74) is 6.66. The van der Waals surface area contributed by atoms with Crippen LogP contribution in [0.25, 0.3) is 11.1 Å². The number of carbonyl (C=O) groups is 1. The summed E-state index contributed by atoms with van der Waals surface area (Å²) in [4.78, 5) is 26.2. The molecule has 2 N–H and O–H groups in total. The minimum Gasteiger partial charge on any atom is -0.392 e. The Hall–Kier alpha value is -4.93. The van der Waals surface area contributed by atoms with E-state index in [-0.39, 0.29) is 24.7 Å². The Labute approximate surface area is 287 Å². The highest BCUT2D eigenvalue weighted by molar-refractivity contribution is 5.94. The molecule has 5 aromatic rings. The number of aliphatic hydroxyl groups excluding tert-OH is 1. The fourth-order valence-electron chi connectivity index (χ4n) is 6.51. The number of carbonyl (C=O) groups excluding carboxylic acids is 1. The Balaban J connectivity index is 1.06. The van der Waals surface area contributed by atoms with Crippen molar-refractivity contribution < 1.29 is 19.4 Å². The van der Waals surface area contributed by atoms with Gasteiger partial charge >= 0.3 is 0 Å². The summed E-state index contributed by atoms with van der Waals surface area (Å²) in [7, 11) is 0. The lowest BCUT2D eigenvalue weighted by atomic mass is 9.98. The van der Waals surface area contributed by atoms with Gasteiger partial charge in [0.1, 0.15) is 0 Å². The number of aromatic nitrogens is 2. The number of nitrogens with zero attached hydrogens (tertiary/aromatic N) is 4. The Morgan fingerprint density at radius 2 is 1.49 bits per heavy atom. The number of aliphatic hydroxyl groups is 1. The number of hydrogen-bond acceptors (Lipinski definition) is 8. The first-order valence-corrected chi connectivity index (χ1v) is 16.9. The lowest BCUT2D eigenvalue weighted by molar-refractivity contribution is -0.253. The number of piperazine rings is 1. The summed E-state index contributed by atoms with van der Waals surface area (Å²) in [5.74, 6) is 0.681. The molecule has 2 fully saturated rings. The molecule has 7 rings (SSSR count). The zero-order chi connectivity index (χ0) is 33.4. The van der Waals surface area contributed by atoms with Gasteiger partial charge in [0.05, 0.1) is 18.8 Å². The van der Waals surface area contributed by atoms with Crippen LogP contribution in [0.1, 0.15) is 51.4 Å². The zero-order valence-corrected chi connectivity index (χ0v) is 27.4. The molecule has 0 saturated carbocycles. The quantitative estimate of drug-likeness (QED) is 0.191. The van der Waals surface area contributed by atoms with E-state index in [2.05, 4.69) is 55.4 Å². The van der Waals surface area contributed by atoms with Gasteiger partial charge in [0.2, 0.25) is 5.95 Å². The highest BCUT2D eigenvalue weighted by Crippen LogP contribution is 2.39. The second kappa shape index (κ2) is 15.5. The molecule has 3 atom stereocenters. The van der Waals surface area contributed by atoms with Crippen LogP contribution < -0.4 is 10.2 Å². The second-order valence-corrected chi connectivity index (χ2v) is 12.6. The third kappa shape index (κ3) is 8.21. The maximum absolute atomic E-state index is 12.6. The van der Waals surface area contributed by atoms with E-state index in [9.17, 15) is 9.90 Å². The molecule has 9 heteroatoms. The predicted octanol–water partition coefficient (Wildman–Crippen LogP) is 5.93. The molecule has 0 unspecified atom stereocenters. The van der Waals surface area contributed by atoms with E-state index >= 15 is 0 Å². The lowest BCUT2D eigenvalue weighted by Gasteiger charge is -2.40. The number of ether oxygens (including phenoxy) is 2. The van der Waals surface area contributed by atoms with Gasteiger partial charge in [0.25, 0.3) is 5.91 Å². The second-order valence-electron chi connectivity index (χ2n) is 12.6. The van der Waals surface area contributed by atoms with Gasteiger partial charge in [0, 0.05) is 69.2 Å². The van der Waals surface area contributed by atoms with Crippen molar-refractivity contribution in [1.82, 2.24) is 20.2 Å². The van der Waals surface area contributed by atoms with E-state index in [1.54, 1.807) is 12.4 Å². The van der Waals surface area contributed by atoms with Crippen LogP contribution in [0.5, 0.6) is 0 Å². The van der Waals surface area contributed by atoms with Gasteiger partial charge in [-0.3, -0.25) is 9.69 Å². The lowest BCUT2D eigenvalue weighted by Crippen LogP contribution is -2.50. The third-order valence-electron chi connectivity index (χ3n) is 9.19. The molecule has 49 heavy (non-hydrogen) atoms. The van der Waals surface area contributed by atoms with Crippen LogP contribution in [0, 0.1) is 0 Å². The van der Waals surface area contributed by atoms with E-state index in [0.717, 1.165) is 78.5 Å². The number of hydrogen-bond donors (Lipinski definition) is 2. The third-order valence-corrected chi connectivity index (χ3v) is 9.19. The fraction of sp³-hybridized carbons (Fsp3) is 0.275.